The van der Waals surface area contributed by atoms with Crippen LogP contribution in [0.4, 0.5) is 5.69 Å². The van der Waals surface area contributed by atoms with Crippen LogP contribution in [-0.4, -0.2) is 37.6 Å². The van der Waals surface area contributed by atoms with Gasteiger partial charge in [-0.3, -0.25) is 4.90 Å². The number of benzene rings is 1. The molecular formula is C15H22BrClN2. The van der Waals surface area contributed by atoms with Crippen molar-refractivity contribution in [1.82, 2.24) is 4.90 Å². The fourth-order valence-corrected chi connectivity index (χ4v) is 3.44. The predicted molar refractivity (Wildman–Crippen MR) is 87.6 cm³/mol. The van der Waals surface area contributed by atoms with Crippen molar-refractivity contribution in [3.63, 3.8) is 0 Å². The van der Waals surface area contributed by atoms with Crippen LogP contribution in [0.25, 0.3) is 0 Å². The van der Waals surface area contributed by atoms with E-state index in [4.69, 9.17) is 11.6 Å². The van der Waals surface area contributed by atoms with Crippen LogP contribution < -0.4 is 4.90 Å². The smallest absolute Gasteiger partial charge is 0.0467 e. The van der Waals surface area contributed by atoms with E-state index in [-0.39, 0.29) is 0 Å². The van der Waals surface area contributed by atoms with Gasteiger partial charge < -0.3 is 4.90 Å². The highest BCUT2D eigenvalue weighted by Gasteiger charge is 2.18. The Hall–Kier alpha value is -0.250. The zero-order valence-electron chi connectivity index (χ0n) is 11.7. The molecule has 0 bridgehead atoms. The van der Waals surface area contributed by atoms with Crippen LogP contribution in [0.3, 0.4) is 0 Å². The number of piperazine rings is 1. The third-order valence-electron chi connectivity index (χ3n) is 3.54. The summed E-state index contributed by atoms with van der Waals surface area (Å²) in [4.78, 5) is 4.98. The van der Waals surface area contributed by atoms with Gasteiger partial charge in [-0.2, -0.15) is 0 Å². The lowest BCUT2D eigenvalue weighted by Gasteiger charge is -2.37. The molecule has 1 aromatic carbocycles. The van der Waals surface area contributed by atoms with E-state index in [1.807, 2.05) is 0 Å². The van der Waals surface area contributed by atoms with Crippen LogP contribution in [-0.2, 0) is 5.33 Å². The van der Waals surface area contributed by atoms with Crippen molar-refractivity contribution in [2.45, 2.75) is 19.2 Å². The van der Waals surface area contributed by atoms with Crippen molar-refractivity contribution >= 4 is 33.2 Å². The van der Waals surface area contributed by atoms with Crippen LogP contribution in [0.1, 0.15) is 19.4 Å². The summed E-state index contributed by atoms with van der Waals surface area (Å²) in [7, 11) is 0. The van der Waals surface area contributed by atoms with Crippen molar-refractivity contribution in [1.29, 1.82) is 0 Å². The van der Waals surface area contributed by atoms with Crippen molar-refractivity contribution in [3.05, 3.63) is 28.8 Å². The monoisotopic (exact) mass is 344 g/mol. The number of rotatable bonds is 4. The highest BCUT2D eigenvalue weighted by molar-refractivity contribution is 9.08. The Labute approximate surface area is 129 Å². The van der Waals surface area contributed by atoms with Gasteiger partial charge in [0.1, 0.15) is 0 Å². The summed E-state index contributed by atoms with van der Waals surface area (Å²) in [5.74, 6) is 0.749. The van der Waals surface area contributed by atoms with E-state index in [9.17, 15) is 0 Å². The lowest BCUT2D eigenvalue weighted by atomic mass is 10.1. The van der Waals surface area contributed by atoms with Crippen molar-refractivity contribution < 1.29 is 0 Å². The number of anilines is 1. The summed E-state index contributed by atoms with van der Waals surface area (Å²) in [5.41, 5.74) is 2.41. The van der Waals surface area contributed by atoms with E-state index in [1.54, 1.807) is 0 Å². The lowest BCUT2D eigenvalue weighted by Crippen LogP contribution is -2.47. The summed E-state index contributed by atoms with van der Waals surface area (Å²) in [6.07, 6.45) is 0. The molecule has 4 heteroatoms. The van der Waals surface area contributed by atoms with E-state index in [2.05, 4.69) is 57.8 Å². The van der Waals surface area contributed by atoms with Crippen LogP contribution >= 0.6 is 27.5 Å². The average molecular weight is 346 g/mol. The maximum Gasteiger partial charge on any atom is 0.0467 e. The highest BCUT2D eigenvalue weighted by atomic mass is 79.9. The van der Waals surface area contributed by atoms with Crippen LogP contribution in [0.2, 0.25) is 5.02 Å². The van der Waals surface area contributed by atoms with Gasteiger partial charge in [-0.25, -0.2) is 0 Å². The van der Waals surface area contributed by atoms with E-state index in [0.717, 1.165) is 48.0 Å². The Kier molecular flexibility index (Phi) is 5.55. The fourth-order valence-electron chi connectivity index (χ4n) is 2.55. The highest BCUT2D eigenvalue weighted by Crippen LogP contribution is 2.26. The Morgan fingerprint density at radius 1 is 1.21 bits per heavy atom. The van der Waals surface area contributed by atoms with Gasteiger partial charge in [-0.05, 0) is 23.6 Å². The van der Waals surface area contributed by atoms with E-state index in [0.29, 0.717) is 0 Å². The molecule has 1 aliphatic heterocycles. The first-order chi connectivity index (χ1) is 9.10. The van der Waals surface area contributed by atoms with Crippen molar-refractivity contribution in [3.8, 4) is 0 Å². The van der Waals surface area contributed by atoms with Crippen molar-refractivity contribution in [2.24, 2.45) is 5.92 Å². The lowest BCUT2D eigenvalue weighted by molar-refractivity contribution is 0.231. The molecule has 19 heavy (non-hydrogen) atoms. The van der Waals surface area contributed by atoms with Gasteiger partial charge in [-0.1, -0.05) is 47.4 Å². The number of nitrogens with zero attached hydrogens (tertiary/aromatic N) is 2. The first-order valence-corrected chi connectivity index (χ1v) is 8.41. The molecule has 1 aliphatic rings. The second-order valence-corrected chi connectivity index (χ2v) is 6.56. The minimum Gasteiger partial charge on any atom is -0.369 e. The second kappa shape index (κ2) is 6.96. The van der Waals surface area contributed by atoms with Gasteiger partial charge in [0.05, 0.1) is 0 Å². The van der Waals surface area contributed by atoms with Crippen molar-refractivity contribution in [2.75, 3.05) is 37.6 Å². The number of hydrogen-bond acceptors (Lipinski definition) is 2. The average Bonchev–Trinajstić information content (AvgIpc) is 2.39. The van der Waals surface area contributed by atoms with Gasteiger partial charge in [0.2, 0.25) is 0 Å². The van der Waals surface area contributed by atoms with E-state index >= 15 is 0 Å². The largest absolute Gasteiger partial charge is 0.369 e. The molecule has 0 amide bonds. The SMILES string of the molecule is CC(C)CN1CCN(c2ccc(CBr)c(Cl)c2)CC1. The molecule has 1 saturated heterocycles. The molecule has 0 N–H and O–H groups in total. The molecule has 2 nitrogen and oxygen atoms in total. The van der Waals surface area contributed by atoms with Gasteiger partial charge >= 0.3 is 0 Å². The molecule has 0 saturated carbocycles. The molecule has 1 aromatic rings. The molecule has 1 fully saturated rings. The maximum absolute atomic E-state index is 6.28. The summed E-state index contributed by atoms with van der Waals surface area (Å²) < 4.78 is 0. The quantitative estimate of drug-likeness (QED) is 0.761. The number of hydrogen-bond donors (Lipinski definition) is 0. The van der Waals surface area contributed by atoms with Crippen LogP contribution in [0.5, 0.6) is 0 Å². The molecule has 0 spiro atoms. The van der Waals surface area contributed by atoms with Crippen LogP contribution in [0, 0.1) is 5.92 Å². The molecule has 0 unspecified atom stereocenters. The summed E-state index contributed by atoms with van der Waals surface area (Å²) >= 11 is 9.73. The normalized spacial score (nSPS) is 17.2. The molecule has 2 rings (SSSR count). The molecule has 0 aliphatic carbocycles. The molecule has 0 aromatic heterocycles. The predicted octanol–water partition coefficient (Wildman–Crippen LogP) is 4.01. The zero-order valence-corrected chi connectivity index (χ0v) is 14.0. The van der Waals surface area contributed by atoms with E-state index in [1.165, 1.54) is 12.2 Å². The minimum atomic E-state index is 0.749. The minimum absolute atomic E-state index is 0.749. The summed E-state index contributed by atoms with van der Waals surface area (Å²) in [5, 5.41) is 1.67. The Balaban J connectivity index is 1.96. The van der Waals surface area contributed by atoms with Gasteiger partial charge in [-0.15, -0.1) is 0 Å². The van der Waals surface area contributed by atoms with Gasteiger partial charge in [0, 0.05) is 48.8 Å². The molecule has 0 radical (unpaired) electrons. The molecule has 1 heterocycles. The Morgan fingerprint density at radius 2 is 1.89 bits per heavy atom. The molecular weight excluding hydrogens is 324 g/mol. The van der Waals surface area contributed by atoms with Crippen LogP contribution in [0.15, 0.2) is 18.2 Å². The first kappa shape index (κ1) is 15.1. The summed E-state index contributed by atoms with van der Waals surface area (Å²) in [6.45, 7) is 10.3. The fraction of sp³-hybridized carbons (Fsp3) is 0.600. The Morgan fingerprint density at radius 3 is 2.42 bits per heavy atom. The zero-order chi connectivity index (χ0) is 13.8. The third-order valence-corrected chi connectivity index (χ3v) is 4.50. The second-order valence-electron chi connectivity index (χ2n) is 5.59. The maximum atomic E-state index is 6.28. The number of alkyl halides is 1. The van der Waals surface area contributed by atoms with Gasteiger partial charge in [0.25, 0.3) is 0 Å². The summed E-state index contributed by atoms with van der Waals surface area (Å²) in [6, 6.07) is 6.39. The standard InChI is InChI=1S/C15H22BrClN2/c1-12(2)11-18-5-7-19(8-6-18)14-4-3-13(10-16)15(17)9-14/h3-4,9,12H,5-8,10-11H2,1-2H3. The number of halogens is 2. The molecule has 106 valence electrons. The third kappa shape index (κ3) is 4.11. The Bertz CT molecular complexity index is 415. The molecule has 0 atom stereocenters. The van der Waals surface area contributed by atoms with E-state index < -0.39 is 0 Å². The first-order valence-electron chi connectivity index (χ1n) is 6.92. The van der Waals surface area contributed by atoms with Gasteiger partial charge in [0.15, 0.2) is 0 Å². The topological polar surface area (TPSA) is 6.48 Å².